The van der Waals surface area contributed by atoms with Crippen LogP contribution in [0.5, 0.6) is 23.0 Å². The van der Waals surface area contributed by atoms with Crippen LogP contribution >= 0.6 is 0 Å². The van der Waals surface area contributed by atoms with Crippen molar-refractivity contribution >= 4 is 5.78 Å². The molecule has 0 saturated carbocycles. The SMILES string of the molecule is COc1ccc(CC(=O)c2ccc(O)c(C)c2O)cc1OC. The van der Waals surface area contributed by atoms with Crippen LogP contribution in [0.4, 0.5) is 0 Å². The minimum absolute atomic E-state index is 0.0415. The summed E-state index contributed by atoms with van der Waals surface area (Å²) < 4.78 is 10.4. The fourth-order valence-electron chi connectivity index (χ4n) is 2.19. The Morgan fingerprint density at radius 2 is 1.73 bits per heavy atom. The number of ketones is 1. The van der Waals surface area contributed by atoms with Gasteiger partial charge in [0.25, 0.3) is 0 Å². The number of phenolic OH excluding ortho intramolecular Hbond substituents is 2. The lowest BCUT2D eigenvalue weighted by molar-refractivity contribution is 0.0990. The lowest BCUT2D eigenvalue weighted by atomic mass is 9.99. The van der Waals surface area contributed by atoms with Crippen LogP contribution in [0, 0.1) is 6.92 Å². The molecule has 0 spiro atoms. The summed E-state index contributed by atoms with van der Waals surface area (Å²) in [5.74, 6) is 0.652. The molecule has 116 valence electrons. The monoisotopic (exact) mass is 302 g/mol. The number of aromatic hydroxyl groups is 2. The molecule has 0 aromatic heterocycles. The van der Waals surface area contributed by atoms with Gasteiger partial charge in [-0.25, -0.2) is 0 Å². The van der Waals surface area contributed by atoms with Gasteiger partial charge in [-0.3, -0.25) is 4.79 Å². The van der Waals surface area contributed by atoms with E-state index in [0.717, 1.165) is 5.56 Å². The highest BCUT2D eigenvalue weighted by Gasteiger charge is 2.16. The van der Waals surface area contributed by atoms with Gasteiger partial charge in [-0.05, 0) is 36.8 Å². The quantitative estimate of drug-likeness (QED) is 0.831. The van der Waals surface area contributed by atoms with Crippen LogP contribution in [0.15, 0.2) is 30.3 Å². The number of carbonyl (C=O) groups excluding carboxylic acids is 1. The summed E-state index contributed by atoms with van der Waals surface area (Å²) in [6.07, 6.45) is 0.109. The van der Waals surface area contributed by atoms with Gasteiger partial charge in [0, 0.05) is 12.0 Å². The molecule has 5 nitrogen and oxygen atoms in total. The van der Waals surface area contributed by atoms with E-state index >= 15 is 0 Å². The van der Waals surface area contributed by atoms with E-state index in [-0.39, 0.29) is 34.8 Å². The predicted octanol–water partition coefficient (Wildman–Crippen LogP) is 2.85. The largest absolute Gasteiger partial charge is 0.508 e. The Bertz CT molecular complexity index is 706. The smallest absolute Gasteiger partial charge is 0.170 e. The first-order chi connectivity index (χ1) is 10.5. The number of hydrogen-bond donors (Lipinski definition) is 2. The minimum Gasteiger partial charge on any atom is -0.508 e. The average molecular weight is 302 g/mol. The fraction of sp³-hybridized carbons (Fsp3) is 0.235. The summed E-state index contributed by atoms with van der Waals surface area (Å²) in [6, 6.07) is 8.03. The Labute approximate surface area is 128 Å². The zero-order valence-electron chi connectivity index (χ0n) is 12.7. The fourth-order valence-corrected chi connectivity index (χ4v) is 2.19. The molecular weight excluding hydrogens is 284 g/mol. The Morgan fingerprint density at radius 1 is 1.05 bits per heavy atom. The summed E-state index contributed by atoms with van der Waals surface area (Å²) in [6.45, 7) is 1.55. The van der Waals surface area contributed by atoms with Gasteiger partial charge >= 0.3 is 0 Å². The normalized spacial score (nSPS) is 10.3. The number of benzene rings is 2. The molecule has 0 atom stereocenters. The van der Waals surface area contributed by atoms with Crippen molar-refractivity contribution in [1.82, 2.24) is 0 Å². The van der Waals surface area contributed by atoms with Gasteiger partial charge in [0.05, 0.1) is 19.8 Å². The second-order valence-electron chi connectivity index (χ2n) is 4.90. The Hall–Kier alpha value is -2.69. The highest BCUT2D eigenvalue weighted by Crippen LogP contribution is 2.31. The van der Waals surface area contributed by atoms with Gasteiger partial charge in [0.15, 0.2) is 17.3 Å². The van der Waals surface area contributed by atoms with Crippen LogP contribution in [0.25, 0.3) is 0 Å². The van der Waals surface area contributed by atoms with Crippen molar-refractivity contribution in [2.75, 3.05) is 14.2 Å². The van der Waals surface area contributed by atoms with Gasteiger partial charge in [0.2, 0.25) is 0 Å². The predicted molar refractivity (Wildman–Crippen MR) is 82.1 cm³/mol. The summed E-state index contributed by atoms with van der Waals surface area (Å²) in [7, 11) is 3.07. The van der Waals surface area contributed by atoms with Crippen LogP contribution in [0.1, 0.15) is 21.5 Å². The summed E-state index contributed by atoms with van der Waals surface area (Å²) in [5.41, 5.74) is 1.22. The Balaban J connectivity index is 2.28. The molecule has 2 aromatic rings. The van der Waals surface area contributed by atoms with Gasteiger partial charge in [-0.2, -0.15) is 0 Å². The topological polar surface area (TPSA) is 76.0 Å². The lowest BCUT2D eigenvalue weighted by Crippen LogP contribution is -2.05. The van der Waals surface area contributed by atoms with E-state index in [0.29, 0.717) is 11.5 Å². The zero-order valence-corrected chi connectivity index (χ0v) is 12.7. The van der Waals surface area contributed by atoms with E-state index in [4.69, 9.17) is 9.47 Å². The molecular formula is C17H18O5. The molecule has 0 saturated heterocycles. The van der Waals surface area contributed by atoms with Crippen molar-refractivity contribution in [3.63, 3.8) is 0 Å². The molecule has 0 aliphatic rings. The Morgan fingerprint density at radius 3 is 2.36 bits per heavy atom. The molecule has 0 amide bonds. The van der Waals surface area contributed by atoms with E-state index < -0.39 is 0 Å². The highest BCUT2D eigenvalue weighted by atomic mass is 16.5. The van der Waals surface area contributed by atoms with Gasteiger partial charge < -0.3 is 19.7 Å². The Kier molecular flexibility index (Phi) is 4.56. The standard InChI is InChI=1S/C17H18O5/c1-10-13(18)6-5-12(17(10)20)14(19)8-11-4-7-15(21-2)16(9-11)22-3/h4-7,9,18,20H,8H2,1-3H3. The van der Waals surface area contributed by atoms with Crippen molar-refractivity contribution in [1.29, 1.82) is 0 Å². The van der Waals surface area contributed by atoms with E-state index in [1.807, 2.05) is 0 Å². The second kappa shape index (κ2) is 6.39. The lowest BCUT2D eigenvalue weighted by Gasteiger charge is -2.10. The van der Waals surface area contributed by atoms with Gasteiger partial charge in [-0.15, -0.1) is 0 Å². The summed E-state index contributed by atoms with van der Waals surface area (Å²) in [5, 5.41) is 19.5. The third-order valence-corrected chi connectivity index (χ3v) is 3.52. The zero-order chi connectivity index (χ0) is 16.3. The number of rotatable bonds is 5. The van der Waals surface area contributed by atoms with Crippen molar-refractivity contribution in [3.05, 3.63) is 47.0 Å². The molecule has 5 heteroatoms. The van der Waals surface area contributed by atoms with Crippen LogP contribution in [0.3, 0.4) is 0 Å². The molecule has 22 heavy (non-hydrogen) atoms. The number of ether oxygens (including phenoxy) is 2. The third-order valence-electron chi connectivity index (χ3n) is 3.52. The van der Waals surface area contributed by atoms with Crippen molar-refractivity contribution in [2.45, 2.75) is 13.3 Å². The van der Waals surface area contributed by atoms with E-state index in [9.17, 15) is 15.0 Å². The van der Waals surface area contributed by atoms with Crippen LogP contribution in [0.2, 0.25) is 0 Å². The average Bonchev–Trinajstić information content (AvgIpc) is 2.52. The maximum Gasteiger partial charge on any atom is 0.170 e. The van der Waals surface area contributed by atoms with Crippen LogP contribution < -0.4 is 9.47 Å². The first-order valence-electron chi connectivity index (χ1n) is 6.73. The minimum atomic E-state index is -0.243. The second-order valence-corrected chi connectivity index (χ2v) is 4.90. The van der Waals surface area contributed by atoms with E-state index in [1.54, 1.807) is 32.2 Å². The molecule has 0 aliphatic heterocycles. The maximum absolute atomic E-state index is 12.3. The molecule has 0 unspecified atom stereocenters. The first-order valence-corrected chi connectivity index (χ1v) is 6.73. The van der Waals surface area contributed by atoms with Crippen molar-refractivity contribution < 1.29 is 24.5 Å². The molecule has 0 fully saturated rings. The van der Waals surface area contributed by atoms with Crippen LogP contribution in [-0.2, 0) is 6.42 Å². The number of methoxy groups -OCH3 is 2. The molecule has 0 aliphatic carbocycles. The molecule has 0 radical (unpaired) electrons. The molecule has 0 heterocycles. The molecule has 2 aromatic carbocycles. The van der Waals surface area contributed by atoms with Gasteiger partial charge in [0.1, 0.15) is 11.5 Å². The van der Waals surface area contributed by atoms with E-state index in [2.05, 4.69) is 0 Å². The summed E-state index contributed by atoms with van der Waals surface area (Å²) in [4.78, 5) is 12.3. The highest BCUT2D eigenvalue weighted by molar-refractivity contribution is 6.00. The van der Waals surface area contributed by atoms with Crippen molar-refractivity contribution in [3.8, 4) is 23.0 Å². The van der Waals surface area contributed by atoms with Crippen molar-refractivity contribution in [2.24, 2.45) is 0 Å². The molecule has 2 rings (SSSR count). The number of Topliss-reactive ketones (excluding diaryl/α,β-unsaturated/α-hetero) is 1. The van der Waals surface area contributed by atoms with Crippen LogP contribution in [-0.4, -0.2) is 30.2 Å². The maximum atomic E-state index is 12.3. The molecule has 0 bridgehead atoms. The van der Waals surface area contributed by atoms with Gasteiger partial charge in [-0.1, -0.05) is 6.07 Å². The molecule has 2 N–H and O–H groups in total. The first kappa shape index (κ1) is 15.7. The number of phenols is 2. The number of hydrogen-bond acceptors (Lipinski definition) is 5. The third kappa shape index (κ3) is 2.98. The summed E-state index contributed by atoms with van der Waals surface area (Å²) >= 11 is 0. The van der Waals surface area contributed by atoms with E-state index in [1.165, 1.54) is 19.2 Å². The number of carbonyl (C=O) groups is 1.